The molecule has 0 amide bonds. The maximum Gasteiger partial charge on any atom is 0.176 e. The van der Waals surface area contributed by atoms with Crippen molar-refractivity contribution in [2.45, 2.75) is 33.1 Å². The third-order valence-corrected chi connectivity index (χ3v) is 4.47. The lowest BCUT2D eigenvalue weighted by molar-refractivity contribution is 0.0813. The third-order valence-electron chi connectivity index (χ3n) is 4.47. The van der Waals surface area contributed by atoms with Crippen LogP contribution in [0.4, 0.5) is 0 Å². The number of phenolic OH excluding ortho intramolecular Hbond substituents is 1. The minimum atomic E-state index is 0.139. The summed E-state index contributed by atoms with van der Waals surface area (Å²) in [4.78, 5) is 14.4. The number of hydrogen-bond donors (Lipinski definition) is 1. The summed E-state index contributed by atoms with van der Waals surface area (Å²) in [5, 5.41) is 9.22. The number of phenols is 1. The van der Waals surface area contributed by atoms with Gasteiger partial charge in [0.1, 0.15) is 5.75 Å². The number of piperidine rings is 1. The molecule has 0 radical (unpaired) electrons. The van der Waals surface area contributed by atoms with Gasteiger partial charge in [-0.15, -0.1) is 0 Å². The first kappa shape index (κ1) is 14.1. The Hall–Kier alpha value is -1.35. The third kappa shape index (κ3) is 3.57. The van der Waals surface area contributed by atoms with Crippen molar-refractivity contribution >= 4 is 5.78 Å². The van der Waals surface area contributed by atoms with Crippen molar-refractivity contribution in [1.82, 2.24) is 4.90 Å². The second-order valence-corrected chi connectivity index (χ2v) is 5.91. The van der Waals surface area contributed by atoms with E-state index in [1.807, 2.05) is 0 Å². The van der Waals surface area contributed by atoms with Gasteiger partial charge in [0.15, 0.2) is 5.78 Å². The first-order valence-electron chi connectivity index (χ1n) is 7.07. The quantitative estimate of drug-likeness (QED) is 0.847. The van der Waals surface area contributed by atoms with Gasteiger partial charge in [-0.3, -0.25) is 9.69 Å². The molecule has 2 rings (SSSR count). The molecule has 1 aromatic rings. The molecule has 1 fully saturated rings. The number of hydrogen-bond acceptors (Lipinski definition) is 3. The van der Waals surface area contributed by atoms with Crippen LogP contribution in [0, 0.1) is 5.41 Å². The maximum atomic E-state index is 12.1. The van der Waals surface area contributed by atoms with E-state index in [9.17, 15) is 9.90 Å². The SMILES string of the molecule is CCC1(C)CCN(CC(=O)c2ccc(O)cc2)CC1. The van der Waals surface area contributed by atoms with E-state index in [0.29, 0.717) is 17.5 Å². The molecule has 1 saturated heterocycles. The fourth-order valence-electron chi connectivity index (χ4n) is 2.55. The Morgan fingerprint density at radius 2 is 1.84 bits per heavy atom. The number of Topliss-reactive ketones (excluding diaryl/α,β-unsaturated/α-hetero) is 1. The first-order chi connectivity index (χ1) is 9.02. The second-order valence-electron chi connectivity index (χ2n) is 5.91. The van der Waals surface area contributed by atoms with Crippen molar-refractivity contribution in [1.29, 1.82) is 0 Å². The molecule has 0 atom stereocenters. The lowest BCUT2D eigenvalue weighted by atomic mass is 9.78. The van der Waals surface area contributed by atoms with Crippen molar-refractivity contribution in [3.63, 3.8) is 0 Å². The summed E-state index contributed by atoms with van der Waals surface area (Å²) in [7, 11) is 0. The Bertz CT molecular complexity index is 431. The molecule has 1 aliphatic rings. The fraction of sp³-hybridized carbons (Fsp3) is 0.562. The van der Waals surface area contributed by atoms with Crippen LogP contribution >= 0.6 is 0 Å². The van der Waals surface area contributed by atoms with E-state index in [2.05, 4.69) is 18.7 Å². The average molecular weight is 261 g/mol. The van der Waals surface area contributed by atoms with Gasteiger partial charge in [-0.1, -0.05) is 20.3 Å². The largest absolute Gasteiger partial charge is 0.508 e. The summed E-state index contributed by atoms with van der Waals surface area (Å²) in [6.07, 6.45) is 3.56. The van der Waals surface area contributed by atoms with E-state index >= 15 is 0 Å². The molecule has 1 N–H and O–H groups in total. The highest BCUT2D eigenvalue weighted by molar-refractivity contribution is 5.97. The van der Waals surface area contributed by atoms with Crippen molar-refractivity contribution in [2.75, 3.05) is 19.6 Å². The second kappa shape index (κ2) is 5.74. The molecule has 0 aromatic heterocycles. The van der Waals surface area contributed by atoms with Crippen molar-refractivity contribution < 1.29 is 9.90 Å². The number of likely N-dealkylation sites (tertiary alicyclic amines) is 1. The van der Waals surface area contributed by atoms with Crippen molar-refractivity contribution in [3.05, 3.63) is 29.8 Å². The highest BCUT2D eigenvalue weighted by atomic mass is 16.3. The lowest BCUT2D eigenvalue weighted by Crippen LogP contribution is -2.40. The minimum absolute atomic E-state index is 0.139. The van der Waals surface area contributed by atoms with E-state index in [4.69, 9.17) is 0 Å². The van der Waals surface area contributed by atoms with Crippen LogP contribution in [0.15, 0.2) is 24.3 Å². The monoisotopic (exact) mass is 261 g/mol. The minimum Gasteiger partial charge on any atom is -0.508 e. The van der Waals surface area contributed by atoms with Gasteiger partial charge in [-0.05, 0) is 55.6 Å². The maximum absolute atomic E-state index is 12.1. The van der Waals surface area contributed by atoms with Gasteiger partial charge in [0.25, 0.3) is 0 Å². The van der Waals surface area contributed by atoms with Crippen LogP contribution in [0.25, 0.3) is 0 Å². The first-order valence-corrected chi connectivity index (χ1v) is 7.07. The van der Waals surface area contributed by atoms with E-state index in [-0.39, 0.29) is 11.5 Å². The van der Waals surface area contributed by atoms with Crippen LogP contribution < -0.4 is 0 Å². The van der Waals surface area contributed by atoms with E-state index in [1.54, 1.807) is 24.3 Å². The van der Waals surface area contributed by atoms with Crippen LogP contribution in [0.2, 0.25) is 0 Å². The number of carbonyl (C=O) groups excluding carboxylic acids is 1. The molecule has 3 nitrogen and oxygen atoms in total. The van der Waals surface area contributed by atoms with Crippen LogP contribution in [0.5, 0.6) is 5.75 Å². The molecule has 0 aliphatic carbocycles. The molecule has 0 unspecified atom stereocenters. The molecule has 3 heteroatoms. The van der Waals surface area contributed by atoms with E-state index in [0.717, 1.165) is 13.1 Å². The molecule has 19 heavy (non-hydrogen) atoms. The molecular weight excluding hydrogens is 238 g/mol. The standard InChI is InChI=1S/C16H23NO2/c1-3-16(2)8-10-17(11-9-16)12-15(19)13-4-6-14(18)7-5-13/h4-7,18H,3,8-12H2,1-2H3. The highest BCUT2D eigenvalue weighted by Crippen LogP contribution is 2.33. The zero-order chi connectivity index (χ0) is 13.9. The number of carbonyl (C=O) groups is 1. The fourth-order valence-corrected chi connectivity index (χ4v) is 2.55. The van der Waals surface area contributed by atoms with Gasteiger partial charge < -0.3 is 5.11 Å². The number of nitrogens with zero attached hydrogens (tertiary/aromatic N) is 1. The smallest absolute Gasteiger partial charge is 0.176 e. The average Bonchev–Trinajstić information content (AvgIpc) is 2.42. The van der Waals surface area contributed by atoms with Gasteiger partial charge in [-0.2, -0.15) is 0 Å². The van der Waals surface area contributed by atoms with Gasteiger partial charge in [0, 0.05) is 5.56 Å². The highest BCUT2D eigenvalue weighted by Gasteiger charge is 2.28. The zero-order valence-corrected chi connectivity index (χ0v) is 11.9. The Labute approximate surface area is 115 Å². The summed E-state index contributed by atoms with van der Waals surface area (Å²) >= 11 is 0. The number of ketones is 1. The number of aromatic hydroxyl groups is 1. The molecule has 0 saturated carbocycles. The van der Waals surface area contributed by atoms with Crippen LogP contribution in [-0.2, 0) is 0 Å². The normalized spacial score (nSPS) is 19.3. The lowest BCUT2D eigenvalue weighted by Gasteiger charge is -2.38. The summed E-state index contributed by atoms with van der Waals surface area (Å²) in [6, 6.07) is 6.52. The summed E-state index contributed by atoms with van der Waals surface area (Å²) in [6.45, 7) is 7.09. The summed E-state index contributed by atoms with van der Waals surface area (Å²) in [5.74, 6) is 0.341. The van der Waals surface area contributed by atoms with Crippen molar-refractivity contribution in [2.24, 2.45) is 5.41 Å². The zero-order valence-electron chi connectivity index (χ0n) is 11.9. The predicted molar refractivity (Wildman–Crippen MR) is 76.5 cm³/mol. The Morgan fingerprint density at radius 3 is 2.37 bits per heavy atom. The Morgan fingerprint density at radius 1 is 1.26 bits per heavy atom. The summed E-state index contributed by atoms with van der Waals surface area (Å²) in [5.41, 5.74) is 1.14. The molecule has 1 aliphatic heterocycles. The van der Waals surface area contributed by atoms with Gasteiger partial charge in [0.05, 0.1) is 6.54 Å². The van der Waals surface area contributed by atoms with Crippen LogP contribution in [-0.4, -0.2) is 35.4 Å². The molecular formula is C16H23NO2. The molecule has 1 aromatic carbocycles. The van der Waals surface area contributed by atoms with E-state index in [1.165, 1.54) is 19.3 Å². The molecule has 0 spiro atoms. The Balaban J connectivity index is 1.89. The predicted octanol–water partition coefficient (Wildman–Crippen LogP) is 3.09. The molecule has 1 heterocycles. The van der Waals surface area contributed by atoms with Crippen LogP contribution in [0.3, 0.4) is 0 Å². The number of rotatable bonds is 4. The van der Waals surface area contributed by atoms with Crippen LogP contribution in [0.1, 0.15) is 43.5 Å². The van der Waals surface area contributed by atoms with Gasteiger partial charge in [-0.25, -0.2) is 0 Å². The topological polar surface area (TPSA) is 40.5 Å². The number of benzene rings is 1. The Kier molecular flexibility index (Phi) is 4.25. The summed E-state index contributed by atoms with van der Waals surface area (Å²) < 4.78 is 0. The molecule has 0 bridgehead atoms. The molecule has 104 valence electrons. The van der Waals surface area contributed by atoms with Gasteiger partial charge >= 0.3 is 0 Å². The van der Waals surface area contributed by atoms with Crippen molar-refractivity contribution in [3.8, 4) is 5.75 Å². The van der Waals surface area contributed by atoms with E-state index < -0.39 is 0 Å². The van der Waals surface area contributed by atoms with Gasteiger partial charge in [0.2, 0.25) is 0 Å².